The van der Waals surface area contributed by atoms with E-state index in [1.54, 1.807) is 6.92 Å². The van der Waals surface area contributed by atoms with Gasteiger partial charge in [-0.25, -0.2) is 9.69 Å². The van der Waals surface area contributed by atoms with Crippen molar-refractivity contribution in [2.45, 2.75) is 38.3 Å². The molecule has 170 valence electrons. The molecule has 6 heteroatoms. The van der Waals surface area contributed by atoms with Crippen molar-refractivity contribution in [2.24, 2.45) is 0 Å². The highest BCUT2D eigenvalue weighted by atomic mass is 16.5. The maximum atomic E-state index is 13.5. The average molecular weight is 444 g/mol. The Morgan fingerprint density at radius 2 is 1.79 bits per heavy atom. The van der Waals surface area contributed by atoms with E-state index in [-0.39, 0.29) is 24.6 Å². The number of imide groups is 1. The molecule has 0 aliphatic carbocycles. The highest BCUT2D eigenvalue weighted by Crippen LogP contribution is 2.35. The van der Waals surface area contributed by atoms with Gasteiger partial charge in [-0.1, -0.05) is 48.5 Å². The fourth-order valence-corrected chi connectivity index (χ4v) is 5.03. The second kappa shape index (κ2) is 8.52. The highest BCUT2D eigenvalue weighted by molar-refractivity contribution is 6.07. The van der Waals surface area contributed by atoms with Gasteiger partial charge >= 0.3 is 6.03 Å². The molecular weight excluding hydrogens is 414 g/mol. The van der Waals surface area contributed by atoms with Crippen molar-refractivity contribution < 1.29 is 14.3 Å². The van der Waals surface area contributed by atoms with Crippen LogP contribution in [0.4, 0.5) is 4.79 Å². The minimum absolute atomic E-state index is 0.175. The minimum Gasteiger partial charge on any atom is -0.494 e. The molecule has 3 aromatic carbocycles. The van der Waals surface area contributed by atoms with Crippen molar-refractivity contribution >= 4 is 22.7 Å². The topological polar surface area (TPSA) is 61.9 Å². The first kappa shape index (κ1) is 21.5. The molecule has 0 radical (unpaired) electrons. The van der Waals surface area contributed by atoms with Gasteiger partial charge in [0.05, 0.1) is 13.3 Å². The number of hydrogen-bond donors (Lipinski definition) is 1. The summed E-state index contributed by atoms with van der Waals surface area (Å²) in [5.41, 5.74) is 0.905. The van der Waals surface area contributed by atoms with Crippen LogP contribution in [0.1, 0.15) is 43.9 Å². The van der Waals surface area contributed by atoms with Crippen LogP contribution in [0.3, 0.4) is 0 Å². The molecule has 0 saturated carbocycles. The first-order valence-electron chi connectivity index (χ1n) is 11.6. The standard InChI is InChI=1S/C27H29N3O3/c1-3-33-23-14-11-20(12-15-23)24-9-6-16-29(24)18-30-25(31)27(2,28-26(30)32)22-13-10-19-7-4-5-8-21(19)17-22/h4-5,7-8,10-15,17,24H,3,6,9,16,18H2,1-2H3,(H,28,32)/t24-,27+/m0/s1. The predicted octanol–water partition coefficient (Wildman–Crippen LogP) is 4.80. The van der Waals surface area contributed by atoms with Crippen LogP contribution >= 0.6 is 0 Å². The second-order valence-corrected chi connectivity index (χ2v) is 8.96. The van der Waals surface area contributed by atoms with Crippen LogP contribution in [0, 0.1) is 0 Å². The average Bonchev–Trinajstić information content (AvgIpc) is 3.38. The summed E-state index contributed by atoms with van der Waals surface area (Å²) < 4.78 is 5.56. The van der Waals surface area contributed by atoms with E-state index in [0.29, 0.717) is 6.61 Å². The van der Waals surface area contributed by atoms with Crippen molar-refractivity contribution in [3.8, 4) is 5.75 Å². The van der Waals surface area contributed by atoms with Crippen LogP contribution in [-0.2, 0) is 10.3 Å². The molecule has 3 amide bonds. The van der Waals surface area contributed by atoms with Gasteiger partial charge in [0.15, 0.2) is 0 Å². The van der Waals surface area contributed by atoms with E-state index in [1.165, 1.54) is 10.5 Å². The number of hydrogen-bond acceptors (Lipinski definition) is 4. The van der Waals surface area contributed by atoms with E-state index >= 15 is 0 Å². The zero-order valence-electron chi connectivity index (χ0n) is 19.1. The number of fused-ring (bicyclic) bond motifs is 1. The Balaban J connectivity index is 1.36. The van der Waals surface area contributed by atoms with E-state index in [4.69, 9.17) is 4.74 Å². The van der Waals surface area contributed by atoms with E-state index in [2.05, 4.69) is 22.3 Å². The van der Waals surface area contributed by atoms with Crippen LogP contribution in [0.25, 0.3) is 10.8 Å². The number of nitrogens with zero attached hydrogens (tertiary/aromatic N) is 2. The van der Waals surface area contributed by atoms with E-state index in [0.717, 1.165) is 41.5 Å². The Labute approximate surface area is 194 Å². The first-order chi connectivity index (χ1) is 16.0. The Bertz CT molecular complexity index is 1190. The van der Waals surface area contributed by atoms with E-state index in [9.17, 15) is 9.59 Å². The summed E-state index contributed by atoms with van der Waals surface area (Å²) in [6.45, 7) is 5.53. The molecule has 0 unspecified atom stereocenters. The lowest BCUT2D eigenvalue weighted by Gasteiger charge is -2.29. The van der Waals surface area contributed by atoms with Crippen LogP contribution < -0.4 is 10.1 Å². The number of benzene rings is 3. The van der Waals surface area contributed by atoms with Crippen molar-refractivity contribution in [3.63, 3.8) is 0 Å². The Morgan fingerprint density at radius 3 is 2.55 bits per heavy atom. The smallest absolute Gasteiger partial charge is 0.326 e. The molecule has 2 atom stereocenters. The quantitative estimate of drug-likeness (QED) is 0.556. The third-order valence-electron chi connectivity index (χ3n) is 6.86. The van der Waals surface area contributed by atoms with Gasteiger partial charge in [0.25, 0.3) is 5.91 Å². The van der Waals surface area contributed by atoms with Crippen LogP contribution in [0.15, 0.2) is 66.7 Å². The van der Waals surface area contributed by atoms with Gasteiger partial charge in [0.2, 0.25) is 0 Å². The second-order valence-electron chi connectivity index (χ2n) is 8.96. The molecule has 5 rings (SSSR count). The molecule has 6 nitrogen and oxygen atoms in total. The molecule has 2 aliphatic rings. The summed E-state index contributed by atoms with van der Waals surface area (Å²) >= 11 is 0. The lowest BCUT2D eigenvalue weighted by molar-refractivity contribution is -0.132. The van der Waals surface area contributed by atoms with Crippen molar-refractivity contribution in [2.75, 3.05) is 19.8 Å². The van der Waals surface area contributed by atoms with Crippen LogP contribution in [-0.4, -0.2) is 41.6 Å². The maximum absolute atomic E-state index is 13.5. The van der Waals surface area contributed by atoms with Gasteiger partial charge in [0, 0.05) is 12.6 Å². The number of rotatable bonds is 6. The van der Waals surface area contributed by atoms with Crippen LogP contribution in [0.5, 0.6) is 5.75 Å². The lowest BCUT2D eigenvalue weighted by Crippen LogP contribution is -2.43. The summed E-state index contributed by atoms with van der Waals surface area (Å²) in [6.07, 6.45) is 2.03. The summed E-state index contributed by atoms with van der Waals surface area (Å²) in [6, 6.07) is 21.9. The summed E-state index contributed by atoms with van der Waals surface area (Å²) in [5.74, 6) is 0.645. The zero-order valence-corrected chi connectivity index (χ0v) is 19.1. The number of ether oxygens (including phenoxy) is 1. The fourth-order valence-electron chi connectivity index (χ4n) is 5.03. The normalized spacial score (nSPS) is 23.3. The van der Waals surface area contributed by atoms with Crippen molar-refractivity contribution in [3.05, 3.63) is 77.9 Å². The molecule has 3 aromatic rings. The monoisotopic (exact) mass is 443 g/mol. The van der Waals surface area contributed by atoms with Gasteiger partial charge in [-0.2, -0.15) is 0 Å². The first-order valence-corrected chi connectivity index (χ1v) is 11.6. The molecule has 2 aliphatic heterocycles. The van der Waals surface area contributed by atoms with Crippen LogP contribution in [0.2, 0.25) is 0 Å². The summed E-state index contributed by atoms with van der Waals surface area (Å²) in [7, 11) is 0. The van der Waals surface area contributed by atoms with Gasteiger partial charge < -0.3 is 10.1 Å². The molecule has 2 heterocycles. The predicted molar refractivity (Wildman–Crippen MR) is 128 cm³/mol. The molecule has 0 spiro atoms. The minimum atomic E-state index is -1.07. The molecule has 1 N–H and O–H groups in total. The summed E-state index contributed by atoms with van der Waals surface area (Å²) in [5, 5.41) is 5.11. The van der Waals surface area contributed by atoms with Gasteiger partial charge in [-0.05, 0) is 66.8 Å². The zero-order chi connectivity index (χ0) is 23.0. The molecular formula is C27H29N3O3. The fraction of sp³-hybridized carbons (Fsp3) is 0.333. The molecule has 33 heavy (non-hydrogen) atoms. The Morgan fingerprint density at radius 1 is 1.03 bits per heavy atom. The molecule has 2 fully saturated rings. The van der Waals surface area contributed by atoms with Gasteiger partial charge in [-0.15, -0.1) is 0 Å². The number of amides is 3. The SMILES string of the molecule is CCOc1ccc([C@@H]2CCCN2CN2C(=O)N[C@](C)(c3ccc4ccccc4c3)C2=O)cc1. The van der Waals surface area contributed by atoms with Crippen molar-refractivity contribution in [1.29, 1.82) is 0 Å². The van der Waals surface area contributed by atoms with Gasteiger partial charge in [0.1, 0.15) is 11.3 Å². The third-order valence-corrected chi connectivity index (χ3v) is 6.86. The van der Waals surface area contributed by atoms with Gasteiger partial charge in [-0.3, -0.25) is 9.69 Å². The molecule has 0 bridgehead atoms. The largest absolute Gasteiger partial charge is 0.494 e. The van der Waals surface area contributed by atoms with Crippen molar-refractivity contribution in [1.82, 2.24) is 15.1 Å². The van der Waals surface area contributed by atoms with E-state index in [1.807, 2.05) is 61.5 Å². The third kappa shape index (κ3) is 3.85. The molecule has 0 aromatic heterocycles. The number of urea groups is 1. The lowest BCUT2D eigenvalue weighted by atomic mass is 9.90. The highest BCUT2D eigenvalue weighted by Gasteiger charge is 2.50. The molecule has 2 saturated heterocycles. The Hall–Kier alpha value is -3.38. The number of likely N-dealkylation sites (tertiary alicyclic amines) is 1. The maximum Gasteiger partial charge on any atom is 0.326 e. The Kier molecular flexibility index (Phi) is 5.54. The number of carbonyl (C=O) groups is 2. The summed E-state index contributed by atoms with van der Waals surface area (Å²) in [4.78, 5) is 30.0. The number of nitrogens with one attached hydrogen (secondary N) is 1. The number of carbonyl (C=O) groups excluding carboxylic acids is 2. The van der Waals surface area contributed by atoms with E-state index < -0.39 is 5.54 Å².